The predicted octanol–water partition coefficient (Wildman–Crippen LogP) is 4.63. The molecule has 0 radical (unpaired) electrons. The van der Waals surface area contributed by atoms with Crippen molar-refractivity contribution in [1.29, 1.82) is 0 Å². The Bertz CT molecular complexity index is 881. The molecule has 0 saturated heterocycles. The molecule has 1 aliphatic heterocycles. The number of hydrogen-bond acceptors (Lipinski definition) is 4. The summed E-state index contributed by atoms with van der Waals surface area (Å²) in [4.78, 5) is 25.2. The summed E-state index contributed by atoms with van der Waals surface area (Å²) in [6.07, 6.45) is -4.24. The molecule has 0 aliphatic carbocycles. The lowest BCUT2D eigenvalue weighted by Gasteiger charge is -2.23. The number of amides is 2. The summed E-state index contributed by atoms with van der Waals surface area (Å²) in [5, 5.41) is 4.72. The number of benzene rings is 2. The van der Waals surface area contributed by atoms with Crippen LogP contribution in [0.25, 0.3) is 0 Å². The molecule has 0 fully saturated rings. The van der Waals surface area contributed by atoms with Gasteiger partial charge in [0.15, 0.2) is 0 Å². The molecule has 0 saturated carbocycles. The summed E-state index contributed by atoms with van der Waals surface area (Å²) < 4.78 is 43.0. The second kappa shape index (κ2) is 8.32. The number of carbonyl (C=O) groups excluding carboxylic acids is 2. The molecule has 3 rings (SSSR count). The number of halogens is 4. The third kappa shape index (κ3) is 4.90. The van der Waals surface area contributed by atoms with Crippen molar-refractivity contribution >= 4 is 46.6 Å². The molecule has 2 aromatic rings. The first-order chi connectivity index (χ1) is 13.2. The highest BCUT2D eigenvalue weighted by atomic mass is 35.5. The molecule has 2 N–H and O–H groups in total. The van der Waals surface area contributed by atoms with Crippen LogP contribution in [0.1, 0.15) is 6.42 Å². The number of ether oxygens (including phenoxy) is 1. The molecule has 0 spiro atoms. The number of anilines is 2. The molecule has 28 heavy (non-hydrogen) atoms. The van der Waals surface area contributed by atoms with Crippen LogP contribution >= 0.6 is 23.4 Å². The van der Waals surface area contributed by atoms with Crippen molar-refractivity contribution in [3.8, 4) is 5.75 Å². The van der Waals surface area contributed by atoms with Crippen molar-refractivity contribution in [2.45, 2.75) is 28.3 Å². The fraction of sp³-hybridized carbons (Fsp3) is 0.222. The van der Waals surface area contributed by atoms with Crippen LogP contribution in [0.3, 0.4) is 0 Å². The number of rotatable bonds is 6. The summed E-state index contributed by atoms with van der Waals surface area (Å²) >= 11 is 6.01. The molecule has 2 atom stereocenters. The average Bonchev–Trinajstić information content (AvgIpc) is 2.63. The monoisotopic (exact) mass is 430 g/mol. The maximum Gasteiger partial charge on any atom is 0.444 e. The van der Waals surface area contributed by atoms with E-state index in [0.717, 1.165) is 17.0 Å². The van der Waals surface area contributed by atoms with Crippen LogP contribution < -0.4 is 15.4 Å². The Balaban J connectivity index is 1.57. The SMILES string of the molecule is O=C(CC1Sc2ccccc2NC1=O)Nc1ccc(OC(F)(F)C(F)Cl)cc1. The second-order valence-electron chi connectivity index (χ2n) is 5.83. The van der Waals surface area contributed by atoms with Gasteiger partial charge in [0.05, 0.1) is 10.9 Å². The summed E-state index contributed by atoms with van der Waals surface area (Å²) in [5.74, 6) is -1.01. The van der Waals surface area contributed by atoms with Gasteiger partial charge in [-0.2, -0.15) is 8.78 Å². The molecule has 10 heteroatoms. The summed E-state index contributed by atoms with van der Waals surface area (Å²) in [5.41, 5.74) is -1.98. The third-order valence-electron chi connectivity index (χ3n) is 3.72. The van der Waals surface area contributed by atoms with E-state index in [0.29, 0.717) is 11.4 Å². The number of alkyl halides is 4. The molecular formula is C18H14ClF3N2O3S. The minimum Gasteiger partial charge on any atom is -0.429 e. The van der Waals surface area contributed by atoms with Crippen molar-refractivity contribution in [1.82, 2.24) is 0 Å². The van der Waals surface area contributed by atoms with Gasteiger partial charge in [0, 0.05) is 17.0 Å². The van der Waals surface area contributed by atoms with Crippen molar-refractivity contribution in [3.05, 3.63) is 48.5 Å². The Morgan fingerprint density at radius 2 is 1.93 bits per heavy atom. The lowest BCUT2D eigenvalue weighted by molar-refractivity contribution is -0.199. The van der Waals surface area contributed by atoms with E-state index < -0.39 is 22.9 Å². The molecule has 148 valence electrons. The van der Waals surface area contributed by atoms with Gasteiger partial charge >= 0.3 is 6.11 Å². The molecule has 2 amide bonds. The Kier molecular flexibility index (Phi) is 6.04. The average molecular weight is 431 g/mol. The van der Waals surface area contributed by atoms with Crippen molar-refractivity contribution in [2.75, 3.05) is 10.6 Å². The molecule has 0 aromatic heterocycles. The van der Waals surface area contributed by atoms with Gasteiger partial charge in [-0.3, -0.25) is 9.59 Å². The maximum atomic E-state index is 13.1. The number of hydrogen-bond donors (Lipinski definition) is 2. The number of para-hydroxylation sites is 1. The van der Waals surface area contributed by atoms with Crippen LogP contribution in [0.15, 0.2) is 53.4 Å². The quantitative estimate of drug-likeness (QED) is 0.655. The highest BCUT2D eigenvalue weighted by Crippen LogP contribution is 2.36. The van der Waals surface area contributed by atoms with Crippen LogP contribution in [0, 0.1) is 0 Å². The second-order valence-corrected chi connectivity index (χ2v) is 7.46. The molecule has 2 aromatic carbocycles. The maximum absolute atomic E-state index is 13.1. The largest absolute Gasteiger partial charge is 0.444 e. The van der Waals surface area contributed by atoms with E-state index in [1.807, 2.05) is 12.1 Å². The fourth-order valence-corrected chi connectivity index (χ4v) is 3.57. The number of thioether (sulfide) groups is 1. The van der Waals surface area contributed by atoms with Crippen LogP contribution in [0.2, 0.25) is 0 Å². The van der Waals surface area contributed by atoms with Gasteiger partial charge in [-0.1, -0.05) is 23.7 Å². The first kappa shape index (κ1) is 20.3. The standard InChI is InChI=1S/C18H14ClF3N2O3S/c19-17(20)18(21,22)27-11-7-5-10(6-8-11)23-15(25)9-14-16(26)24-12-3-1-2-4-13(12)28-14/h1-8,14,17H,9H2,(H,23,25)(H,24,26). The van der Waals surface area contributed by atoms with E-state index >= 15 is 0 Å². The highest BCUT2D eigenvalue weighted by Gasteiger charge is 2.42. The first-order valence-electron chi connectivity index (χ1n) is 8.06. The zero-order valence-corrected chi connectivity index (χ0v) is 15.7. The van der Waals surface area contributed by atoms with Crippen molar-refractivity contribution in [3.63, 3.8) is 0 Å². The number of nitrogens with one attached hydrogen (secondary N) is 2. The van der Waals surface area contributed by atoms with Crippen molar-refractivity contribution in [2.24, 2.45) is 0 Å². The Hall–Kier alpha value is -2.39. The molecule has 1 heterocycles. The molecular weight excluding hydrogens is 417 g/mol. The predicted molar refractivity (Wildman–Crippen MR) is 101 cm³/mol. The smallest absolute Gasteiger partial charge is 0.429 e. The first-order valence-corrected chi connectivity index (χ1v) is 9.37. The number of carbonyl (C=O) groups is 2. The number of fused-ring (bicyclic) bond motifs is 1. The fourth-order valence-electron chi connectivity index (χ4n) is 2.42. The summed E-state index contributed by atoms with van der Waals surface area (Å²) in [6.45, 7) is 0. The van der Waals surface area contributed by atoms with Crippen LogP contribution in [0.5, 0.6) is 5.75 Å². The topological polar surface area (TPSA) is 67.4 Å². The lowest BCUT2D eigenvalue weighted by atomic mass is 10.2. The minimum atomic E-state index is -4.17. The molecule has 1 aliphatic rings. The Morgan fingerprint density at radius 3 is 2.61 bits per heavy atom. The third-order valence-corrected chi connectivity index (χ3v) is 5.25. The van der Waals surface area contributed by atoms with Gasteiger partial charge in [-0.25, -0.2) is 4.39 Å². The normalized spacial score (nSPS) is 17.3. The van der Waals surface area contributed by atoms with Gasteiger partial charge < -0.3 is 15.4 Å². The zero-order valence-electron chi connectivity index (χ0n) is 14.1. The van der Waals surface area contributed by atoms with E-state index in [4.69, 9.17) is 11.6 Å². The van der Waals surface area contributed by atoms with E-state index in [2.05, 4.69) is 15.4 Å². The van der Waals surface area contributed by atoms with Gasteiger partial charge in [-0.15, -0.1) is 11.8 Å². The molecule has 0 bridgehead atoms. The van der Waals surface area contributed by atoms with Crippen LogP contribution in [-0.4, -0.2) is 28.8 Å². The van der Waals surface area contributed by atoms with E-state index in [1.165, 1.54) is 23.9 Å². The molecule has 2 unspecified atom stereocenters. The van der Waals surface area contributed by atoms with Crippen LogP contribution in [-0.2, 0) is 9.59 Å². The van der Waals surface area contributed by atoms with E-state index in [9.17, 15) is 22.8 Å². The summed E-state index contributed by atoms with van der Waals surface area (Å²) in [6, 6.07) is 12.2. The molecule has 5 nitrogen and oxygen atoms in total. The van der Waals surface area contributed by atoms with Crippen molar-refractivity contribution < 1.29 is 27.5 Å². The Labute approximate surface area is 167 Å². The van der Waals surface area contributed by atoms with Gasteiger partial charge in [0.1, 0.15) is 5.75 Å². The van der Waals surface area contributed by atoms with Gasteiger partial charge in [0.2, 0.25) is 11.8 Å². The van der Waals surface area contributed by atoms with Gasteiger partial charge in [-0.05, 0) is 36.4 Å². The summed E-state index contributed by atoms with van der Waals surface area (Å²) in [7, 11) is 0. The van der Waals surface area contributed by atoms with E-state index in [1.54, 1.807) is 12.1 Å². The lowest BCUT2D eigenvalue weighted by Crippen LogP contribution is -2.32. The van der Waals surface area contributed by atoms with E-state index in [-0.39, 0.29) is 18.1 Å². The van der Waals surface area contributed by atoms with Gasteiger partial charge in [0.25, 0.3) is 5.63 Å². The van der Waals surface area contributed by atoms with Crippen LogP contribution in [0.4, 0.5) is 24.5 Å². The zero-order chi connectivity index (χ0) is 20.3. The highest BCUT2D eigenvalue weighted by molar-refractivity contribution is 8.01. The Morgan fingerprint density at radius 1 is 1.25 bits per heavy atom. The minimum absolute atomic E-state index is 0.0725.